The Morgan fingerprint density at radius 3 is 3.15 bits per heavy atom. The van der Waals surface area contributed by atoms with Gasteiger partial charge in [-0.1, -0.05) is 0 Å². The standard InChI is InChI=1S/C10H13N2O/c13-10-4-2-6-12(8-10)9-3-1-5-11-7-9/h1-3,5,7,10,13H,4,6,8H2/t10-/m1/s1. The first kappa shape index (κ1) is 8.51. The van der Waals surface area contributed by atoms with E-state index < -0.39 is 0 Å². The van der Waals surface area contributed by atoms with Crippen molar-refractivity contribution >= 4 is 5.69 Å². The molecule has 2 rings (SSSR count). The molecule has 1 fully saturated rings. The van der Waals surface area contributed by atoms with E-state index in [1.807, 2.05) is 18.3 Å². The molecule has 3 nitrogen and oxygen atoms in total. The Bertz CT molecular complexity index is 263. The van der Waals surface area contributed by atoms with Crippen molar-refractivity contribution in [3.63, 3.8) is 0 Å². The van der Waals surface area contributed by atoms with Crippen molar-refractivity contribution in [3.05, 3.63) is 30.9 Å². The van der Waals surface area contributed by atoms with Crippen LogP contribution in [0.15, 0.2) is 24.5 Å². The lowest BCUT2D eigenvalue weighted by molar-refractivity contribution is 0.169. The molecule has 0 aliphatic carbocycles. The molecule has 3 heteroatoms. The predicted molar refractivity (Wildman–Crippen MR) is 51.4 cm³/mol. The number of anilines is 1. The SMILES string of the molecule is O[C@@H]1C[CH]CN(c2cccnc2)C1. The zero-order valence-corrected chi connectivity index (χ0v) is 7.43. The normalized spacial score (nSPS) is 23.2. The number of β-amino-alcohol motifs (C(OH)–C–C–N with tert-alkyl or cyclic N) is 1. The van der Waals surface area contributed by atoms with E-state index in [-0.39, 0.29) is 6.10 Å². The average Bonchev–Trinajstić information content (AvgIpc) is 2.19. The molecule has 0 spiro atoms. The molecule has 1 aromatic rings. The molecule has 1 radical (unpaired) electrons. The minimum Gasteiger partial charge on any atom is -0.391 e. The van der Waals surface area contributed by atoms with Crippen molar-refractivity contribution in [2.24, 2.45) is 0 Å². The van der Waals surface area contributed by atoms with Crippen molar-refractivity contribution in [1.29, 1.82) is 0 Å². The highest BCUT2D eigenvalue weighted by molar-refractivity contribution is 5.44. The van der Waals surface area contributed by atoms with Gasteiger partial charge in [0.15, 0.2) is 0 Å². The molecule has 0 bridgehead atoms. The quantitative estimate of drug-likeness (QED) is 0.691. The highest BCUT2D eigenvalue weighted by atomic mass is 16.3. The van der Waals surface area contributed by atoms with E-state index in [9.17, 15) is 5.11 Å². The van der Waals surface area contributed by atoms with Crippen LogP contribution in [0, 0.1) is 6.42 Å². The molecule has 0 saturated carbocycles. The summed E-state index contributed by atoms with van der Waals surface area (Å²) in [6, 6.07) is 3.93. The summed E-state index contributed by atoms with van der Waals surface area (Å²) in [5.41, 5.74) is 1.08. The topological polar surface area (TPSA) is 36.4 Å². The molecule has 1 N–H and O–H groups in total. The summed E-state index contributed by atoms with van der Waals surface area (Å²) in [6.07, 6.45) is 6.26. The van der Waals surface area contributed by atoms with E-state index in [4.69, 9.17) is 0 Å². The number of piperidine rings is 1. The monoisotopic (exact) mass is 177 g/mol. The number of aliphatic hydroxyl groups is 1. The van der Waals surface area contributed by atoms with Crippen molar-refractivity contribution in [1.82, 2.24) is 4.98 Å². The van der Waals surface area contributed by atoms with Crippen LogP contribution in [0.1, 0.15) is 6.42 Å². The summed E-state index contributed by atoms with van der Waals surface area (Å²) >= 11 is 0. The number of aliphatic hydroxyl groups excluding tert-OH is 1. The van der Waals surface area contributed by atoms with Gasteiger partial charge in [0, 0.05) is 19.3 Å². The minimum atomic E-state index is -0.228. The Morgan fingerprint density at radius 2 is 2.46 bits per heavy atom. The number of pyridine rings is 1. The Balaban J connectivity index is 2.08. The lowest BCUT2D eigenvalue weighted by Crippen LogP contribution is -2.38. The third kappa shape index (κ3) is 1.98. The van der Waals surface area contributed by atoms with E-state index in [2.05, 4.69) is 16.3 Å². The fraction of sp³-hybridized carbons (Fsp3) is 0.400. The Morgan fingerprint density at radius 1 is 1.54 bits per heavy atom. The second-order valence-electron chi connectivity index (χ2n) is 3.29. The molecular weight excluding hydrogens is 164 g/mol. The molecule has 0 aromatic carbocycles. The van der Waals surface area contributed by atoms with Gasteiger partial charge in [-0.05, 0) is 25.0 Å². The van der Waals surface area contributed by atoms with Crippen LogP contribution in [-0.2, 0) is 0 Å². The predicted octanol–water partition coefficient (Wildman–Crippen LogP) is 0.857. The Hall–Kier alpha value is -1.09. The van der Waals surface area contributed by atoms with Gasteiger partial charge in [-0.25, -0.2) is 0 Å². The average molecular weight is 177 g/mol. The van der Waals surface area contributed by atoms with Gasteiger partial charge in [-0.2, -0.15) is 0 Å². The van der Waals surface area contributed by atoms with Gasteiger partial charge in [0.25, 0.3) is 0 Å². The number of nitrogens with zero attached hydrogens (tertiary/aromatic N) is 2. The summed E-state index contributed by atoms with van der Waals surface area (Å²) in [6.45, 7) is 1.62. The van der Waals surface area contributed by atoms with Crippen molar-refractivity contribution < 1.29 is 5.11 Å². The zero-order valence-electron chi connectivity index (χ0n) is 7.43. The van der Waals surface area contributed by atoms with Crippen LogP contribution < -0.4 is 4.90 Å². The Kier molecular flexibility index (Phi) is 2.45. The van der Waals surface area contributed by atoms with Gasteiger partial charge in [0.2, 0.25) is 0 Å². The zero-order chi connectivity index (χ0) is 9.10. The maximum Gasteiger partial charge on any atom is 0.0718 e. The number of hydrogen-bond acceptors (Lipinski definition) is 3. The van der Waals surface area contributed by atoms with Crippen molar-refractivity contribution in [3.8, 4) is 0 Å². The van der Waals surface area contributed by atoms with E-state index in [0.717, 1.165) is 18.7 Å². The lowest BCUT2D eigenvalue weighted by atomic mass is 10.1. The second-order valence-corrected chi connectivity index (χ2v) is 3.29. The molecule has 0 amide bonds. The molecule has 1 aromatic heterocycles. The molecule has 1 aliphatic rings. The highest BCUT2D eigenvalue weighted by Crippen LogP contribution is 2.17. The van der Waals surface area contributed by atoms with Crippen molar-refractivity contribution in [2.45, 2.75) is 12.5 Å². The van der Waals surface area contributed by atoms with Gasteiger partial charge in [-0.15, -0.1) is 0 Å². The van der Waals surface area contributed by atoms with Crippen LogP contribution in [0.5, 0.6) is 0 Å². The molecule has 69 valence electrons. The molecule has 1 aliphatic heterocycles. The maximum absolute atomic E-state index is 9.45. The van der Waals surface area contributed by atoms with E-state index >= 15 is 0 Å². The van der Waals surface area contributed by atoms with Gasteiger partial charge < -0.3 is 10.0 Å². The van der Waals surface area contributed by atoms with Gasteiger partial charge >= 0.3 is 0 Å². The fourth-order valence-corrected chi connectivity index (χ4v) is 1.58. The summed E-state index contributed by atoms with van der Waals surface area (Å²) in [5.74, 6) is 0. The van der Waals surface area contributed by atoms with Crippen LogP contribution in [0.2, 0.25) is 0 Å². The van der Waals surface area contributed by atoms with Crippen LogP contribution in [0.3, 0.4) is 0 Å². The summed E-state index contributed by atoms with van der Waals surface area (Å²) < 4.78 is 0. The van der Waals surface area contributed by atoms with E-state index in [1.54, 1.807) is 6.20 Å². The molecule has 1 saturated heterocycles. The van der Waals surface area contributed by atoms with Crippen LogP contribution >= 0.6 is 0 Å². The van der Waals surface area contributed by atoms with E-state index in [0.29, 0.717) is 6.54 Å². The molecule has 13 heavy (non-hydrogen) atoms. The van der Waals surface area contributed by atoms with Crippen LogP contribution in [0.25, 0.3) is 0 Å². The third-order valence-electron chi connectivity index (χ3n) is 2.23. The number of aromatic nitrogens is 1. The van der Waals surface area contributed by atoms with Crippen molar-refractivity contribution in [2.75, 3.05) is 18.0 Å². The third-order valence-corrected chi connectivity index (χ3v) is 2.23. The molecular formula is C10H13N2O. The molecule has 2 heterocycles. The van der Waals surface area contributed by atoms with E-state index in [1.165, 1.54) is 0 Å². The summed E-state index contributed by atoms with van der Waals surface area (Å²) in [7, 11) is 0. The first-order valence-electron chi connectivity index (χ1n) is 4.51. The highest BCUT2D eigenvalue weighted by Gasteiger charge is 2.17. The minimum absolute atomic E-state index is 0.228. The first-order valence-corrected chi connectivity index (χ1v) is 4.51. The Labute approximate surface area is 78.0 Å². The first-order chi connectivity index (χ1) is 6.36. The number of hydrogen-bond donors (Lipinski definition) is 1. The fourth-order valence-electron chi connectivity index (χ4n) is 1.58. The molecule has 1 atom stereocenters. The molecule has 0 unspecified atom stereocenters. The summed E-state index contributed by atoms with van der Waals surface area (Å²) in [5, 5.41) is 9.45. The van der Waals surface area contributed by atoms with Crippen LogP contribution in [-0.4, -0.2) is 29.3 Å². The second kappa shape index (κ2) is 3.75. The van der Waals surface area contributed by atoms with Gasteiger partial charge in [-0.3, -0.25) is 4.98 Å². The summed E-state index contributed by atoms with van der Waals surface area (Å²) in [4.78, 5) is 6.17. The van der Waals surface area contributed by atoms with Gasteiger partial charge in [0.05, 0.1) is 18.0 Å². The lowest BCUT2D eigenvalue weighted by Gasteiger charge is -2.31. The largest absolute Gasteiger partial charge is 0.391 e. The van der Waals surface area contributed by atoms with Gasteiger partial charge in [0.1, 0.15) is 0 Å². The van der Waals surface area contributed by atoms with Crippen LogP contribution in [0.4, 0.5) is 5.69 Å². The smallest absolute Gasteiger partial charge is 0.0718 e. The number of rotatable bonds is 1. The maximum atomic E-state index is 9.45.